The van der Waals surface area contributed by atoms with Crippen LogP contribution in [0.25, 0.3) is 0 Å². The SMILES string of the molecule is COC1(C)CCc2cc(C)ccc2O1. The Labute approximate surface area is 84.8 Å². The van der Waals surface area contributed by atoms with Gasteiger partial charge in [0.05, 0.1) is 0 Å². The Morgan fingerprint density at radius 2 is 2.21 bits per heavy atom. The van der Waals surface area contributed by atoms with Crippen molar-refractivity contribution in [3.8, 4) is 5.75 Å². The molecule has 0 fully saturated rings. The van der Waals surface area contributed by atoms with Gasteiger partial charge in [-0.3, -0.25) is 0 Å². The Balaban J connectivity index is 2.31. The lowest BCUT2D eigenvalue weighted by molar-refractivity contribution is -0.160. The Kier molecular flexibility index (Phi) is 2.23. The van der Waals surface area contributed by atoms with Crippen LogP contribution in [0, 0.1) is 6.92 Å². The molecule has 0 saturated heterocycles. The van der Waals surface area contributed by atoms with Crippen LogP contribution < -0.4 is 4.74 Å². The van der Waals surface area contributed by atoms with E-state index in [2.05, 4.69) is 19.1 Å². The van der Waals surface area contributed by atoms with E-state index >= 15 is 0 Å². The predicted octanol–water partition coefficient (Wildman–Crippen LogP) is 2.68. The molecule has 0 aliphatic carbocycles. The summed E-state index contributed by atoms with van der Waals surface area (Å²) in [6, 6.07) is 6.28. The van der Waals surface area contributed by atoms with Crippen LogP contribution in [0.3, 0.4) is 0 Å². The normalized spacial score (nSPS) is 25.4. The van der Waals surface area contributed by atoms with Crippen LogP contribution in [0.15, 0.2) is 18.2 Å². The minimum atomic E-state index is -0.442. The first kappa shape index (κ1) is 9.53. The van der Waals surface area contributed by atoms with Gasteiger partial charge in [0.1, 0.15) is 5.75 Å². The van der Waals surface area contributed by atoms with Crippen LogP contribution in [0.5, 0.6) is 5.75 Å². The average molecular weight is 192 g/mol. The maximum Gasteiger partial charge on any atom is 0.207 e. The molecular weight excluding hydrogens is 176 g/mol. The number of hydrogen-bond donors (Lipinski definition) is 0. The van der Waals surface area contributed by atoms with Gasteiger partial charge in [-0.15, -0.1) is 0 Å². The highest BCUT2D eigenvalue weighted by Gasteiger charge is 2.30. The smallest absolute Gasteiger partial charge is 0.207 e. The van der Waals surface area contributed by atoms with Gasteiger partial charge in [0.25, 0.3) is 0 Å². The van der Waals surface area contributed by atoms with Gasteiger partial charge in [-0.05, 0) is 25.0 Å². The molecule has 1 aromatic rings. The summed E-state index contributed by atoms with van der Waals surface area (Å²) in [5.41, 5.74) is 2.58. The molecule has 1 atom stereocenters. The molecule has 0 amide bonds. The summed E-state index contributed by atoms with van der Waals surface area (Å²) in [6.07, 6.45) is 1.95. The Morgan fingerprint density at radius 1 is 1.43 bits per heavy atom. The van der Waals surface area contributed by atoms with Crippen LogP contribution in [0.1, 0.15) is 24.5 Å². The van der Waals surface area contributed by atoms with E-state index in [1.54, 1.807) is 7.11 Å². The van der Waals surface area contributed by atoms with Gasteiger partial charge < -0.3 is 9.47 Å². The molecule has 14 heavy (non-hydrogen) atoms. The van der Waals surface area contributed by atoms with Gasteiger partial charge in [-0.2, -0.15) is 0 Å². The summed E-state index contributed by atoms with van der Waals surface area (Å²) in [6.45, 7) is 4.08. The van der Waals surface area contributed by atoms with Crippen molar-refractivity contribution >= 4 is 0 Å². The zero-order chi connectivity index (χ0) is 10.2. The highest BCUT2D eigenvalue weighted by Crippen LogP contribution is 2.33. The van der Waals surface area contributed by atoms with Gasteiger partial charge in [-0.1, -0.05) is 17.7 Å². The standard InChI is InChI=1S/C12H16O2/c1-9-4-5-11-10(8-9)6-7-12(2,13-3)14-11/h4-5,8H,6-7H2,1-3H3. The highest BCUT2D eigenvalue weighted by atomic mass is 16.7. The second kappa shape index (κ2) is 3.28. The van der Waals surface area contributed by atoms with Gasteiger partial charge >= 0.3 is 0 Å². The molecule has 1 unspecified atom stereocenters. The van der Waals surface area contributed by atoms with E-state index < -0.39 is 5.79 Å². The van der Waals surface area contributed by atoms with Crippen molar-refractivity contribution < 1.29 is 9.47 Å². The first-order valence-corrected chi connectivity index (χ1v) is 4.97. The van der Waals surface area contributed by atoms with Crippen molar-refractivity contribution in [2.45, 2.75) is 32.5 Å². The molecule has 0 N–H and O–H groups in total. The Morgan fingerprint density at radius 3 is 2.93 bits per heavy atom. The summed E-state index contributed by atoms with van der Waals surface area (Å²) < 4.78 is 11.1. The minimum Gasteiger partial charge on any atom is -0.462 e. The minimum absolute atomic E-state index is 0.442. The first-order chi connectivity index (χ1) is 6.63. The molecule has 2 nitrogen and oxygen atoms in total. The molecule has 1 aliphatic rings. The van der Waals surface area contributed by atoms with Crippen molar-refractivity contribution in [2.75, 3.05) is 7.11 Å². The Hall–Kier alpha value is -1.02. The van der Waals surface area contributed by atoms with Crippen LogP contribution in [-0.2, 0) is 11.2 Å². The van der Waals surface area contributed by atoms with Gasteiger partial charge in [0.2, 0.25) is 5.79 Å². The van der Waals surface area contributed by atoms with Gasteiger partial charge in [-0.25, -0.2) is 0 Å². The lowest BCUT2D eigenvalue weighted by Crippen LogP contribution is -2.38. The molecule has 0 aromatic heterocycles. The van der Waals surface area contributed by atoms with Gasteiger partial charge in [0.15, 0.2) is 0 Å². The fraction of sp³-hybridized carbons (Fsp3) is 0.500. The number of hydrogen-bond acceptors (Lipinski definition) is 2. The fourth-order valence-corrected chi connectivity index (χ4v) is 1.79. The van der Waals surface area contributed by atoms with Crippen LogP contribution in [0.4, 0.5) is 0 Å². The third kappa shape index (κ3) is 1.62. The molecule has 0 bridgehead atoms. The summed E-state index contributed by atoms with van der Waals surface area (Å²) in [5.74, 6) is 0.522. The molecule has 0 radical (unpaired) electrons. The zero-order valence-corrected chi connectivity index (χ0v) is 8.96. The maximum atomic E-state index is 5.80. The number of aryl methyl sites for hydroxylation is 2. The maximum absolute atomic E-state index is 5.80. The molecule has 1 aromatic carbocycles. The summed E-state index contributed by atoms with van der Waals surface area (Å²) in [7, 11) is 1.69. The second-order valence-corrected chi connectivity index (χ2v) is 4.05. The molecule has 76 valence electrons. The van der Waals surface area contributed by atoms with E-state index in [1.165, 1.54) is 11.1 Å². The van der Waals surface area contributed by atoms with Crippen LogP contribution in [0.2, 0.25) is 0 Å². The average Bonchev–Trinajstić information content (AvgIpc) is 2.19. The van der Waals surface area contributed by atoms with Gasteiger partial charge in [0, 0.05) is 20.5 Å². The summed E-state index contributed by atoms with van der Waals surface area (Å²) in [5, 5.41) is 0. The van der Waals surface area contributed by atoms with Crippen molar-refractivity contribution in [3.63, 3.8) is 0 Å². The molecule has 0 saturated carbocycles. The van der Waals surface area contributed by atoms with Crippen molar-refractivity contribution in [1.82, 2.24) is 0 Å². The lowest BCUT2D eigenvalue weighted by atomic mass is 9.99. The first-order valence-electron chi connectivity index (χ1n) is 4.97. The van der Waals surface area contributed by atoms with Crippen LogP contribution in [-0.4, -0.2) is 12.9 Å². The predicted molar refractivity (Wildman–Crippen MR) is 55.5 cm³/mol. The van der Waals surface area contributed by atoms with Crippen molar-refractivity contribution in [1.29, 1.82) is 0 Å². The van der Waals surface area contributed by atoms with E-state index in [1.807, 2.05) is 13.0 Å². The monoisotopic (exact) mass is 192 g/mol. The van der Waals surface area contributed by atoms with E-state index in [0.717, 1.165) is 18.6 Å². The molecule has 1 aliphatic heterocycles. The number of benzene rings is 1. The molecule has 2 rings (SSSR count). The lowest BCUT2D eigenvalue weighted by Gasteiger charge is -2.34. The number of rotatable bonds is 1. The number of fused-ring (bicyclic) bond motifs is 1. The molecule has 0 spiro atoms. The fourth-order valence-electron chi connectivity index (χ4n) is 1.79. The number of ether oxygens (including phenoxy) is 2. The Bertz CT molecular complexity index is 346. The third-order valence-corrected chi connectivity index (χ3v) is 2.82. The topological polar surface area (TPSA) is 18.5 Å². The van der Waals surface area contributed by atoms with E-state index in [4.69, 9.17) is 9.47 Å². The largest absolute Gasteiger partial charge is 0.462 e. The zero-order valence-electron chi connectivity index (χ0n) is 8.96. The third-order valence-electron chi connectivity index (χ3n) is 2.82. The van der Waals surface area contributed by atoms with Crippen LogP contribution >= 0.6 is 0 Å². The molecule has 1 heterocycles. The van der Waals surface area contributed by atoms with Crippen molar-refractivity contribution in [2.24, 2.45) is 0 Å². The quantitative estimate of drug-likeness (QED) is 0.681. The van der Waals surface area contributed by atoms with Crippen molar-refractivity contribution in [3.05, 3.63) is 29.3 Å². The van der Waals surface area contributed by atoms with E-state index in [0.29, 0.717) is 0 Å². The van der Waals surface area contributed by atoms with E-state index in [9.17, 15) is 0 Å². The number of methoxy groups -OCH3 is 1. The molecule has 2 heteroatoms. The molecular formula is C12H16O2. The second-order valence-electron chi connectivity index (χ2n) is 4.05. The summed E-state index contributed by atoms with van der Waals surface area (Å²) in [4.78, 5) is 0. The highest BCUT2D eigenvalue weighted by molar-refractivity contribution is 5.38. The van der Waals surface area contributed by atoms with E-state index in [-0.39, 0.29) is 0 Å². The summed E-state index contributed by atoms with van der Waals surface area (Å²) >= 11 is 0.